The average molecular weight is 416 g/mol. The zero-order valence-corrected chi connectivity index (χ0v) is 14.2. The quantitative estimate of drug-likeness (QED) is 0.567. The lowest BCUT2D eigenvalue weighted by molar-refractivity contribution is -0.385. The van der Waals surface area contributed by atoms with E-state index in [-0.39, 0.29) is 11.7 Å². The number of benzene rings is 2. The topological polar surface area (TPSA) is 78.4 Å². The van der Waals surface area contributed by atoms with E-state index in [0.29, 0.717) is 16.0 Å². The van der Waals surface area contributed by atoms with Crippen LogP contribution in [0.4, 0.5) is 5.69 Å². The van der Waals surface area contributed by atoms with Crippen LogP contribution in [0.2, 0.25) is 0 Å². The summed E-state index contributed by atoms with van der Waals surface area (Å²) in [7, 11) is 0. The van der Waals surface area contributed by atoms with E-state index >= 15 is 0 Å². The molecule has 0 aliphatic rings. The number of rotatable bonds is 4. The molecule has 1 atom stereocenters. The molecule has 2 aromatic carbocycles. The number of hydrogen-bond donors (Lipinski definition) is 1. The Morgan fingerprint density at radius 1 is 1.29 bits per heavy atom. The smallest absolute Gasteiger partial charge is 0.287 e. The molecule has 0 amide bonds. The molecule has 0 heterocycles. The Hall–Kier alpha value is -1.44. The molecule has 2 rings (SSSR count). The fourth-order valence-corrected chi connectivity index (χ4v) is 3.00. The van der Waals surface area contributed by atoms with Gasteiger partial charge in [-0.15, -0.1) is 0 Å². The fraction of sp³-hybridized carbons (Fsp3) is 0.143. The molecular formula is C14H12Br2N2O3. The summed E-state index contributed by atoms with van der Waals surface area (Å²) in [6.45, 7) is 1.89. The van der Waals surface area contributed by atoms with Crippen LogP contribution < -0.4 is 10.5 Å². The first-order valence-electron chi connectivity index (χ1n) is 6.06. The van der Waals surface area contributed by atoms with Gasteiger partial charge in [0.25, 0.3) is 5.69 Å². The molecule has 0 bridgehead atoms. The summed E-state index contributed by atoms with van der Waals surface area (Å²) in [6.07, 6.45) is 0. The Bertz CT molecular complexity index is 690. The molecule has 7 heteroatoms. The highest BCUT2D eigenvalue weighted by molar-refractivity contribution is 9.11. The SMILES string of the molecule is C[C@@H](N)c1ccc(Oc2cccc([N+](=O)[O-])c2Br)cc1Br. The van der Waals surface area contributed by atoms with Crippen LogP contribution >= 0.6 is 31.9 Å². The molecule has 110 valence electrons. The van der Waals surface area contributed by atoms with Gasteiger partial charge in [0.05, 0.1) is 4.92 Å². The highest BCUT2D eigenvalue weighted by atomic mass is 79.9. The summed E-state index contributed by atoms with van der Waals surface area (Å²) in [6, 6.07) is 9.95. The van der Waals surface area contributed by atoms with Crippen LogP contribution in [0.1, 0.15) is 18.5 Å². The van der Waals surface area contributed by atoms with Crippen molar-refractivity contribution in [3.05, 3.63) is 61.0 Å². The van der Waals surface area contributed by atoms with Crippen molar-refractivity contribution in [1.29, 1.82) is 0 Å². The van der Waals surface area contributed by atoms with Gasteiger partial charge in [-0.25, -0.2) is 0 Å². The van der Waals surface area contributed by atoms with E-state index < -0.39 is 4.92 Å². The zero-order chi connectivity index (χ0) is 15.6. The van der Waals surface area contributed by atoms with Crippen molar-refractivity contribution < 1.29 is 9.66 Å². The molecule has 5 nitrogen and oxygen atoms in total. The maximum absolute atomic E-state index is 10.9. The summed E-state index contributed by atoms with van der Waals surface area (Å²) in [4.78, 5) is 10.4. The Morgan fingerprint density at radius 3 is 2.57 bits per heavy atom. The van der Waals surface area contributed by atoms with E-state index in [9.17, 15) is 10.1 Å². The van der Waals surface area contributed by atoms with Crippen molar-refractivity contribution in [2.45, 2.75) is 13.0 Å². The molecule has 0 spiro atoms. The Labute approximate surface area is 138 Å². The minimum atomic E-state index is -0.466. The van der Waals surface area contributed by atoms with Crippen LogP contribution in [-0.4, -0.2) is 4.92 Å². The predicted molar refractivity (Wildman–Crippen MR) is 87.6 cm³/mol. The molecule has 21 heavy (non-hydrogen) atoms. The number of hydrogen-bond acceptors (Lipinski definition) is 4. The van der Waals surface area contributed by atoms with Gasteiger partial charge in [-0.05, 0) is 46.6 Å². The second-order valence-electron chi connectivity index (χ2n) is 4.42. The summed E-state index contributed by atoms with van der Waals surface area (Å²) in [5.41, 5.74) is 6.76. The van der Waals surface area contributed by atoms with E-state index in [1.54, 1.807) is 24.3 Å². The second kappa shape index (κ2) is 6.55. The van der Waals surface area contributed by atoms with E-state index in [2.05, 4.69) is 31.9 Å². The van der Waals surface area contributed by atoms with Crippen molar-refractivity contribution in [3.8, 4) is 11.5 Å². The van der Waals surface area contributed by atoms with E-state index in [1.807, 2.05) is 13.0 Å². The molecule has 0 saturated heterocycles. The lowest BCUT2D eigenvalue weighted by Crippen LogP contribution is -2.05. The molecule has 0 saturated carbocycles. The molecule has 2 N–H and O–H groups in total. The van der Waals surface area contributed by atoms with Gasteiger partial charge >= 0.3 is 0 Å². The van der Waals surface area contributed by atoms with Crippen molar-refractivity contribution >= 4 is 37.5 Å². The molecule has 0 aliphatic carbocycles. The van der Waals surface area contributed by atoms with Gasteiger partial charge in [0.2, 0.25) is 0 Å². The highest BCUT2D eigenvalue weighted by Gasteiger charge is 2.16. The zero-order valence-electron chi connectivity index (χ0n) is 11.0. The van der Waals surface area contributed by atoms with Crippen molar-refractivity contribution in [3.63, 3.8) is 0 Å². The summed E-state index contributed by atoms with van der Waals surface area (Å²) in [5, 5.41) is 10.9. The average Bonchev–Trinajstić information content (AvgIpc) is 2.40. The first kappa shape index (κ1) is 15.9. The molecule has 0 aliphatic heterocycles. The summed E-state index contributed by atoms with van der Waals surface area (Å²) in [5.74, 6) is 0.942. The van der Waals surface area contributed by atoms with Crippen LogP contribution in [0.15, 0.2) is 45.3 Å². The Kier molecular flexibility index (Phi) is 4.97. The highest BCUT2D eigenvalue weighted by Crippen LogP contribution is 2.37. The minimum Gasteiger partial charge on any atom is -0.456 e. The third kappa shape index (κ3) is 3.61. The second-order valence-corrected chi connectivity index (χ2v) is 6.07. The van der Waals surface area contributed by atoms with E-state index in [0.717, 1.165) is 10.0 Å². The van der Waals surface area contributed by atoms with Crippen LogP contribution in [0.5, 0.6) is 11.5 Å². The Morgan fingerprint density at radius 2 is 2.00 bits per heavy atom. The third-order valence-electron chi connectivity index (χ3n) is 2.83. The van der Waals surface area contributed by atoms with Gasteiger partial charge in [-0.1, -0.05) is 28.1 Å². The molecule has 0 aromatic heterocycles. The molecular weight excluding hydrogens is 404 g/mol. The van der Waals surface area contributed by atoms with Crippen molar-refractivity contribution in [2.75, 3.05) is 0 Å². The lowest BCUT2D eigenvalue weighted by Gasteiger charge is -2.12. The molecule has 0 fully saturated rings. The number of nitro benzene ring substituents is 1. The number of halogens is 2. The largest absolute Gasteiger partial charge is 0.456 e. The van der Waals surface area contributed by atoms with Gasteiger partial charge in [0.15, 0.2) is 0 Å². The number of nitrogens with zero attached hydrogens (tertiary/aromatic N) is 1. The lowest BCUT2D eigenvalue weighted by atomic mass is 10.1. The van der Waals surface area contributed by atoms with Crippen LogP contribution in [0, 0.1) is 10.1 Å². The maximum atomic E-state index is 10.9. The van der Waals surface area contributed by atoms with Gasteiger partial charge in [-0.2, -0.15) is 0 Å². The standard InChI is InChI=1S/C14H12Br2N2O3/c1-8(17)10-6-5-9(7-11(10)15)21-13-4-2-3-12(14(13)16)18(19)20/h2-8H,17H2,1H3/t8-/m1/s1. The summed E-state index contributed by atoms with van der Waals surface area (Å²) < 4.78 is 6.83. The van der Waals surface area contributed by atoms with Crippen molar-refractivity contribution in [1.82, 2.24) is 0 Å². The molecule has 0 unspecified atom stereocenters. The van der Waals surface area contributed by atoms with E-state index in [1.165, 1.54) is 6.07 Å². The summed E-state index contributed by atoms with van der Waals surface area (Å²) >= 11 is 6.63. The van der Waals surface area contributed by atoms with E-state index in [4.69, 9.17) is 10.5 Å². The fourth-order valence-electron chi connectivity index (χ4n) is 1.79. The van der Waals surface area contributed by atoms with Crippen molar-refractivity contribution in [2.24, 2.45) is 5.73 Å². The van der Waals surface area contributed by atoms with Crippen LogP contribution in [-0.2, 0) is 0 Å². The maximum Gasteiger partial charge on any atom is 0.287 e. The molecule has 2 aromatic rings. The number of nitrogens with two attached hydrogens (primary N) is 1. The van der Waals surface area contributed by atoms with Gasteiger partial charge in [0, 0.05) is 16.6 Å². The predicted octanol–water partition coefficient (Wildman–Crippen LogP) is 4.93. The Balaban J connectivity index is 2.33. The molecule has 0 radical (unpaired) electrons. The normalized spacial score (nSPS) is 12.0. The number of nitro groups is 1. The van der Waals surface area contributed by atoms with Gasteiger partial charge < -0.3 is 10.5 Å². The van der Waals surface area contributed by atoms with Crippen LogP contribution in [0.3, 0.4) is 0 Å². The van der Waals surface area contributed by atoms with Crippen LogP contribution in [0.25, 0.3) is 0 Å². The first-order valence-corrected chi connectivity index (χ1v) is 7.64. The third-order valence-corrected chi connectivity index (χ3v) is 4.31. The monoisotopic (exact) mass is 414 g/mol. The first-order chi connectivity index (χ1) is 9.90. The minimum absolute atomic E-state index is 0.0428. The number of ether oxygens (including phenoxy) is 1. The van der Waals surface area contributed by atoms with Gasteiger partial charge in [-0.3, -0.25) is 10.1 Å². The van der Waals surface area contributed by atoms with Gasteiger partial charge in [0.1, 0.15) is 16.0 Å².